The second-order valence-electron chi connectivity index (χ2n) is 3.80. The van der Waals surface area contributed by atoms with E-state index in [1.54, 1.807) is 29.9 Å². The van der Waals surface area contributed by atoms with E-state index >= 15 is 0 Å². The molecule has 19 heavy (non-hydrogen) atoms. The molecule has 96 valence electrons. The molecule has 3 aromatic rings. The van der Waals surface area contributed by atoms with E-state index in [-0.39, 0.29) is 12.2 Å². The molecule has 3 aromatic heterocycles. The van der Waals surface area contributed by atoms with E-state index < -0.39 is 5.97 Å². The van der Waals surface area contributed by atoms with E-state index in [1.807, 2.05) is 0 Å². The average molecular weight is 275 g/mol. The number of fused-ring (bicyclic) bond motifs is 1. The van der Waals surface area contributed by atoms with E-state index in [0.717, 1.165) is 0 Å². The van der Waals surface area contributed by atoms with Crippen LogP contribution in [-0.2, 0) is 11.3 Å². The summed E-state index contributed by atoms with van der Waals surface area (Å²) >= 11 is 1.35. The molecule has 0 unspecified atom stereocenters. The highest BCUT2D eigenvalue weighted by Gasteiger charge is 2.09. The van der Waals surface area contributed by atoms with Gasteiger partial charge in [-0.1, -0.05) is 0 Å². The lowest BCUT2D eigenvalue weighted by atomic mass is 10.4. The maximum Gasteiger partial charge on any atom is 0.355 e. The molecule has 3 heterocycles. The van der Waals surface area contributed by atoms with E-state index in [4.69, 9.17) is 4.74 Å². The fourth-order valence-electron chi connectivity index (χ4n) is 1.64. The zero-order valence-electron chi connectivity index (χ0n) is 9.70. The van der Waals surface area contributed by atoms with E-state index in [1.165, 1.54) is 21.8 Å². The maximum absolute atomic E-state index is 11.7. The number of ether oxygens (including phenoxy) is 1. The van der Waals surface area contributed by atoms with Gasteiger partial charge < -0.3 is 9.72 Å². The quantitative estimate of drug-likeness (QED) is 0.734. The van der Waals surface area contributed by atoms with Crippen molar-refractivity contribution < 1.29 is 9.53 Å². The van der Waals surface area contributed by atoms with Gasteiger partial charge in [0, 0.05) is 23.8 Å². The molecule has 0 saturated carbocycles. The lowest BCUT2D eigenvalue weighted by molar-refractivity contribution is 0.0461. The van der Waals surface area contributed by atoms with Crippen molar-refractivity contribution in [3.63, 3.8) is 0 Å². The Morgan fingerprint density at radius 1 is 1.53 bits per heavy atom. The van der Waals surface area contributed by atoms with E-state index in [2.05, 4.69) is 9.97 Å². The standard InChI is InChI=1S/C12H9N3O3S/c16-10-6-8(14-12-15(10)4-5-19-12)7-18-11(17)9-2-1-3-13-9/h1-6,13H,7H2. The van der Waals surface area contributed by atoms with Crippen LogP contribution in [-0.4, -0.2) is 20.3 Å². The van der Waals surface area contributed by atoms with Crippen molar-refractivity contribution in [2.24, 2.45) is 0 Å². The Hall–Kier alpha value is -2.41. The number of carbonyl (C=O) groups excluding carboxylic acids is 1. The number of aromatic amines is 1. The minimum absolute atomic E-state index is 0.0263. The molecule has 0 aromatic carbocycles. The predicted octanol–water partition coefficient (Wildman–Crippen LogP) is 1.44. The number of nitrogens with one attached hydrogen (secondary N) is 1. The molecule has 3 rings (SSSR count). The number of nitrogens with zero attached hydrogens (tertiary/aromatic N) is 2. The molecule has 1 N–H and O–H groups in total. The van der Waals surface area contributed by atoms with Gasteiger partial charge in [0.1, 0.15) is 12.3 Å². The van der Waals surface area contributed by atoms with E-state index in [0.29, 0.717) is 16.3 Å². The first kappa shape index (κ1) is 11.7. The van der Waals surface area contributed by atoms with Crippen molar-refractivity contribution in [2.75, 3.05) is 0 Å². The van der Waals surface area contributed by atoms with Gasteiger partial charge in [-0.3, -0.25) is 9.20 Å². The summed E-state index contributed by atoms with van der Waals surface area (Å²) in [5.41, 5.74) is 0.624. The molecule has 0 spiro atoms. The first-order valence-corrected chi connectivity index (χ1v) is 6.38. The predicted molar refractivity (Wildman–Crippen MR) is 69.3 cm³/mol. The highest BCUT2D eigenvalue weighted by atomic mass is 32.1. The summed E-state index contributed by atoms with van der Waals surface area (Å²) in [6, 6.07) is 4.69. The lowest BCUT2D eigenvalue weighted by Crippen LogP contribution is -2.14. The molecule has 0 fully saturated rings. The van der Waals surface area contributed by atoms with Crippen LogP contribution in [0.4, 0.5) is 0 Å². The molecule has 0 aliphatic heterocycles. The third-order valence-electron chi connectivity index (χ3n) is 2.53. The minimum Gasteiger partial charge on any atom is -0.455 e. The van der Waals surface area contributed by atoms with Gasteiger partial charge in [0.15, 0.2) is 4.96 Å². The van der Waals surface area contributed by atoms with Gasteiger partial charge in [-0.05, 0) is 12.1 Å². The SMILES string of the molecule is O=C(OCc1cc(=O)n2ccsc2n1)c1ccc[nH]1. The minimum atomic E-state index is -0.474. The van der Waals surface area contributed by atoms with Crippen molar-refractivity contribution in [3.8, 4) is 0 Å². The average Bonchev–Trinajstić information content (AvgIpc) is 3.06. The second kappa shape index (κ2) is 4.69. The molecule has 0 amide bonds. The fourth-order valence-corrected chi connectivity index (χ4v) is 2.37. The topological polar surface area (TPSA) is 76.5 Å². The van der Waals surface area contributed by atoms with Crippen LogP contribution in [0.3, 0.4) is 0 Å². The van der Waals surface area contributed by atoms with Gasteiger partial charge in [-0.15, -0.1) is 11.3 Å². The van der Waals surface area contributed by atoms with Crippen LogP contribution in [0.1, 0.15) is 16.2 Å². The Balaban J connectivity index is 1.78. The van der Waals surface area contributed by atoms with Crippen molar-refractivity contribution in [1.29, 1.82) is 0 Å². The second-order valence-corrected chi connectivity index (χ2v) is 4.67. The van der Waals surface area contributed by atoms with Gasteiger partial charge in [0.2, 0.25) is 0 Å². The molecule has 7 heteroatoms. The smallest absolute Gasteiger partial charge is 0.355 e. The number of H-pyrrole nitrogens is 1. The van der Waals surface area contributed by atoms with Gasteiger partial charge in [0.25, 0.3) is 5.56 Å². The Kier molecular flexibility index (Phi) is 2.88. The third-order valence-corrected chi connectivity index (χ3v) is 3.28. The monoisotopic (exact) mass is 275 g/mol. The third kappa shape index (κ3) is 2.27. The van der Waals surface area contributed by atoms with Crippen LogP contribution >= 0.6 is 11.3 Å². The fraction of sp³-hybridized carbons (Fsp3) is 0.0833. The number of rotatable bonds is 3. The van der Waals surface area contributed by atoms with Crippen molar-refractivity contribution in [2.45, 2.75) is 6.61 Å². The zero-order valence-corrected chi connectivity index (χ0v) is 10.5. The molecule has 0 saturated heterocycles. The first-order chi connectivity index (χ1) is 9.24. The highest BCUT2D eigenvalue weighted by molar-refractivity contribution is 7.15. The Bertz CT molecular complexity index is 773. The van der Waals surface area contributed by atoms with Crippen molar-refractivity contribution in [3.05, 3.63) is 57.7 Å². The molecule has 0 atom stereocenters. The largest absolute Gasteiger partial charge is 0.455 e. The molecule has 0 bridgehead atoms. The number of aromatic nitrogens is 3. The van der Waals surface area contributed by atoms with Crippen LogP contribution in [0, 0.1) is 0 Å². The van der Waals surface area contributed by atoms with Crippen LogP contribution in [0.5, 0.6) is 0 Å². The number of carbonyl (C=O) groups is 1. The molecule has 0 aliphatic rings. The van der Waals surface area contributed by atoms with Crippen LogP contribution in [0.2, 0.25) is 0 Å². The lowest BCUT2D eigenvalue weighted by Gasteiger charge is -2.03. The van der Waals surface area contributed by atoms with Crippen molar-refractivity contribution in [1.82, 2.24) is 14.4 Å². The molecular formula is C12H9N3O3S. The summed E-state index contributed by atoms with van der Waals surface area (Å²) in [5.74, 6) is -0.474. The first-order valence-electron chi connectivity index (χ1n) is 5.50. The molecular weight excluding hydrogens is 266 g/mol. The van der Waals surface area contributed by atoms with Crippen LogP contribution in [0.15, 0.2) is 40.8 Å². The summed E-state index contributed by atoms with van der Waals surface area (Å²) in [7, 11) is 0. The summed E-state index contributed by atoms with van der Waals surface area (Å²) in [4.78, 5) is 30.9. The highest BCUT2D eigenvalue weighted by Crippen LogP contribution is 2.08. The van der Waals surface area contributed by atoms with Crippen LogP contribution < -0.4 is 5.56 Å². The summed E-state index contributed by atoms with van der Waals surface area (Å²) < 4.78 is 6.52. The Morgan fingerprint density at radius 2 is 2.42 bits per heavy atom. The number of hydrogen-bond acceptors (Lipinski definition) is 5. The summed E-state index contributed by atoms with van der Waals surface area (Å²) in [6.45, 7) is -0.0263. The molecule has 0 aliphatic carbocycles. The van der Waals surface area contributed by atoms with Gasteiger partial charge >= 0.3 is 5.97 Å². The van der Waals surface area contributed by atoms with Crippen LogP contribution in [0.25, 0.3) is 4.96 Å². The molecule has 6 nitrogen and oxygen atoms in total. The normalized spacial score (nSPS) is 10.7. The number of thiazole rings is 1. The number of hydrogen-bond donors (Lipinski definition) is 1. The summed E-state index contributed by atoms with van der Waals surface area (Å²) in [6.07, 6.45) is 3.29. The maximum atomic E-state index is 11.7. The van der Waals surface area contributed by atoms with E-state index in [9.17, 15) is 9.59 Å². The van der Waals surface area contributed by atoms with Gasteiger partial charge in [-0.2, -0.15) is 0 Å². The molecule has 0 radical (unpaired) electrons. The Morgan fingerprint density at radius 3 is 3.21 bits per heavy atom. The zero-order chi connectivity index (χ0) is 13.2. The van der Waals surface area contributed by atoms with Gasteiger partial charge in [-0.25, -0.2) is 9.78 Å². The Labute approximate surface area is 111 Å². The summed E-state index contributed by atoms with van der Waals surface area (Å²) in [5, 5.41) is 1.78. The number of esters is 1. The van der Waals surface area contributed by atoms with Crippen molar-refractivity contribution >= 4 is 22.3 Å². The van der Waals surface area contributed by atoms with Gasteiger partial charge in [0.05, 0.1) is 5.69 Å².